The van der Waals surface area contributed by atoms with Crippen LogP contribution < -0.4 is 10.9 Å². The number of benzene rings is 2. The quantitative estimate of drug-likeness (QED) is 0.674. The zero-order chi connectivity index (χ0) is 15.9. The molecule has 0 aromatic heterocycles. The van der Waals surface area contributed by atoms with Gasteiger partial charge < -0.3 is 14.5 Å². The minimum atomic E-state index is -0.697. The Kier molecular flexibility index (Phi) is 5.87. The smallest absolute Gasteiger partial charge is 0.443 e. The molecular formula is C16H16BClO4. The molecule has 114 valence electrons. The van der Waals surface area contributed by atoms with Gasteiger partial charge in [-0.15, -0.1) is 0 Å². The van der Waals surface area contributed by atoms with E-state index in [4.69, 9.17) is 16.3 Å². The fraction of sp³-hybridized carbons (Fsp3) is 0.188. The van der Waals surface area contributed by atoms with Crippen LogP contribution >= 0.6 is 11.6 Å². The zero-order valence-corrected chi connectivity index (χ0v) is 12.9. The summed E-state index contributed by atoms with van der Waals surface area (Å²) < 4.78 is 9.22. The molecule has 0 unspecified atom stereocenters. The molecule has 0 saturated carbocycles. The summed E-state index contributed by atoms with van der Waals surface area (Å²) in [5.74, 6) is 0. The van der Waals surface area contributed by atoms with Crippen LogP contribution in [0.2, 0.25) is 5.02 Å². The lowest BCUT2D eigenvalue weighted by molar-refractivity contribution is 0.0737. The van der Waals surface area contributed by atoms with E-state index in [1.165, 1.54) is 7.11 Å². The van der Waals surface area contributed by atoms with Crippen molar-refractivity contribution in [3.8, 4) is 0 Å². The molecule has 0 spiro atoms. The van der Waals surface area contributed by atoms with Crippen molar-refractivity contribution in [2.45, 2.75) is 6.42 Å². The number of carbonyl (C=O) groups excluding carboxylic acids is 1. The van der Waals surface area contributed by atoms with E-state index in [9.17, 15) is 9.82 Å². The number of halogens is 1. The van der Waals surface area contributed by atoms with E-state index in [-0.39, 0.29) is 6.61 Å². The summed E-state index contributed by atoms with van der Waals surface area (Å²) in [4.78, 5) is 10.8. The monoisotopic (exact) mass is 318 g/mol. The molecule has 0 amide bonds. The fourth-order valence-corrected chi connectivity index (χ4v) is 2.14. The van der Waals surface area contributed by atoms with E-state index in [0.717, 1.165) is 16.5 Å². The van der Waals surface area contributed by atoms with Gasteiger partial charge in [-0.1, -0.05) is 48.0 Å². The highest BCUT2D eigenvalue weighted by Gasteiger charge is 2.16. The number of hydrogen-bond acceptors (Lipinski definition) is 4. The summed E-state index contributed by atoms with van der Waals surface area (Å²) >= 11 is 5.84. The Morgan fingerprint density at radius 3 is 2.18 bits per heavy atom. The maximum absolute atomic E-state index is 10.8. The third-order valence-corrected chi connectivity index (χ3v) is 3.51. The van der Waals surface area contributed by atoms with Gasteiger partial charge in [0.1, 0.15) is 0 Å². The highest BCUT2D eigenvalue weighted by Crippen LogP contribution is 2.05. The molecular weight excluding hydrogens is 302 g/mol. The molecule has 0 radical (unpaired) electrons. The Labute approximate surface area is 134 Å². The summed E-state index contributed by atoms with van der Waals surface area (Å²) in [6.07, 6.45) is -0.0957. The van der Waals surface area contributed by atoms with Gasteiger partial charge in [0.25, 0.3) is 0 Å². The van der Waals surface area contributed by atoms with Crippen molar-refractivity contribution in [1.82, 2.24) is 0 Å². The average Bonchev–Trinajstić information content (AvgIpc) is 2.55. The van der Waals surface area contributed by atoms with E-state index >= 15 is 0 Å². The molecule has 2 rings (SSSR count). The maximum atomic E-state index is 10.8. The van der Waals surface area contributed by atoms with Crippen LogP contribution in [0, 0.1) is 0 Å². The molecule has 0 aliphatic carbocycles. The summed E-state index contributed by atoms with van der Waals surface area (Å²) in [5.41, 5.74) is 2.59. The lowest BCUT2D eigenvalue weighted by Gasteiger charge is -2.09. The van der Waals surface area contributed by atoms with Crippen LogP contribution in [0.15, 0.2) is 48.5 Å². The van der Waals surface area contributed by atoms with E-state index in [1.807, 2.05) is 24.3 Å². The second kappa shape index (κ2) is 7.87. The Hall–Kier alpha value is -1.98. The first-order chi connectivity index (χ1) is 10.6. The van der Waals surface area contributed by atoms with Crippen LogP contribution in [0.1, 0.15) is 5.56 Å². The molecule has 6 heteroatoms. The molecule has 0 fully saturated rings. The van der Waals surface area contributed by atoms with Crippen molar-refractivity contribution in [2.24, 2.45) is 0 Å². The fourth-order valence-electron chi connectivity index (χ4n) is 2.02. The molecule has 0 saturated heterocycles. The van der Waals surface area contributed by atoms with Crippen molar-refractivity contribution in [3.05, 3.63) is 59.1 Å². The third kappa shape index (κ3) is 4.51. The van der Waals surface area contributed by atoms with Gasteiger partial charge >= 0.3 is 13.1 Å². The number of hydrogen-bond donors (Lipinski definition) is 1. The van der Waals surface area contributed by atoms with Crippen LogP contribution in [0.5, 0.6) is 0 Å². The third-order valence-electron chi connectivity index (χ3n) is 3.26. The normalized spacial score (nSPS) is 10.1. The Morgan fingerprint density at radius 2 is 1.64 bits per heavy atom. The molecule has 0 aliphatic heterocycles. The van der Waals surface area contributed by atoms with Gasteiger partial charge in [-0.25, -0.2) is 4.79 Å². The predicted octanol–water partition coefficient (Wildman–Crippen LogP) is 1.76. The van der Waals surface area contributed by atoms with E-state index in [1.54, 1.807) is 24.3 Å². The Morgan fingerprint density at radius 1 is 1.09 bits per heavy atom. The summed E-state index contributed by atoms with van der Waals surface area (Å²) in [6.45, 7) is -0.441. The number of methoxy groups -OCH3 is 1. The van der Waals surface area contributed by atoms with Gasteiger partial charge in [-0.2, -0.15) is 0 Å². The molecule has 1 N–H and O–H groups in total. The molecule has 0 atom stereocenters. The molecule has 0 bridgehead atoms. The first-order valence-electron chi connectivity index (χ1n) is 6.83. The topological polar surface area (TPSA) is 55.8 Å². The SMILES string of the molecule is COC(=O)OCCc1ccc(B(O)c2ccc(Cl)cc2)cc1. The van der Waals surface area contributed by atoms with Crippen molar-refractivity contribution in [1.29, 1.82) is 0 Å². The lowest BCUT2D eigenvalue weighted by Crippen LogP contribution is -2.42. The van der Waals surface area contributed by atoms with Crippen LogP contribution in [0.3, 0.4) is 0 Å². The minimum absolute atomic E-state index is 0.256. The first-order valence-corrected chi connectivity index (χ1v) is 7.21. The zero-order valence-electron chi connectivity index (χ0n) is 12.2. The van der Waals surface area contributed by atoms with Crippen LogP contribution in [0.4, 0.5) is 4.79 Å². The van der Waals surface area contributed by atoms with Crippen molar-refractivity contribution >= 4 is 35.6 Å². The highest BCUT2D eigenvalue weighted by molar-refractivity contribution is 6.78. The minimum Gasteiger partial charge on any atom is -0.443 e. The largest absolute Gasteiger partial charge is 0.507 e. The van der Waals surface area contributed by atoms with E-state index in [2.05, 4.69) is 4.74 Å². The Balaban J connectivity index is 1.96. The van der Waals surface area contributed by atoms with Gasteiger partial charge in [0.15, 0.2) is 0 Å². The average molecular weight is 319 g/mol. The second-order valence-corrected chi connectivity index (χ2v) is 5.18. The first kappa shape index (κ1) is 16.4. The van der Waals surface area contributed by atoms with Crippen LogP contribution in [-0.2, 0) is 15.9 Å². The summed E-state index contributed by atoms with van der Waals surface area (Å²) in [6, 6.07) is 14.6. The van der Waals surface area contributed by atoms with Crippen molar-refractivity contribution in [2.75, 3.05) is 13.7 Å². The molecule has 0 aliphatic rings. The van der Waals surface area contributed by atoms with Gasteiger partial charge in [0.05, 0.1) is 13.7 Å². The van der Waals surface area contributed by atoms with E-state index in [0.29, 0.717) is 11.4 Å². The number of rotatable bonds is 5. The molecule has 2 aromatic rings. The van der Waals surface area contributed by atoms with Crippen molar-refractivity contribution in [3.63, 3.8) is 0 Å². The molecule has 22 heavy (non-hydrogen) atoms. The van der Waals surface area contributed by atoms with Gasteiger partial charge in [0.2, 0.25) is 0 Å². The molecule has 4 nitrogen and oxygen atoms in total. The number of ether oxygens (including phenoxy) is 2. The predicted molar refractivity (Wildman–Crippen MR) is 87.2 cm³/mol. The summed E-state index contributed by atoms with van der Waals surface area (Å²) in [7, 11) is 1.27. The van der Waals surface area contributed by atoms with Crippen LogP contribution in [-0.4, -0.2) is 31.8 Å². The number of carbonyl (C=O) groups is 1. The maximum Gasteiger partial charge on any atom is 0.507 e. The van der Waals surface area contributed by atoms with E-state index < -0.39 is 13.1 Å². The van der Waals surface area contributed by atoms with Crippen molar-refractivity contribution < 1.29 is 19.3 Å². The highest BCUT2D eigenvalue weighted by atomic mass is 35.5. The van der Waals surface area contributed by atoms with Crippen LogP contribution in [0.25, 0.3) is 0 Å². The molecule has 2 aromatic carbocycles. The summed E-state index contributed by atoms with van der Waals surface area (Å²) in [5, 5.41) is 11.0. The van der Waals surface area contributed by atoms with Gasteiger partial charge in [0, 0.05) is 11.4 Å². The van der Waals surface area contributed by atoms with Gasteiger partial charge in [-0.05, 0) is 28.6 Å². The standard InChI is InChI=1S/C16H16BClO4/c1-21-16(19)22-11-10-12-2-4-13(5-3-12)17(20)14-6-8-15(18)9-7-14/h2-9,20H,10-11H2,1H3. The van der Waals surface area contributed by atoms with Gasteiger partial charge in [-0.3, -0.25) is 0 Å². The Bertz CT molecular complexity index is 613. The lowest BCUT2D eigenvalue weighted by atomic mass is 9.56. The second-order valence-electron chi connectivity index (χ2n) is 4.75. The molecule has 0 heterocycles.